The highest BCUT2D eigenvalue weighted by Crippen LogP contribution is 2.21. The lowest BCUT2D eigenvalue weighted by atomic mass is 10.1. The summed E-state index contributed by atoms with van der Waals surface area (Å²) in [5, 5.41) is 11.2. The summed E-state index contributed by atoms with van der Waals surface area (Å²) >= 11 is 0. The van der Waals surface area contributed by atoms with Crippen molar-refractivity contribution in [2.75, 3.05) is 27.7 Å². The first kappa shape index (κ1) is 18.8. The van der Waals surface area contributed by atoms with E-state index in [4.69, 9.17) is 4.74 Å². The minimum atomic E-state index is -0.122. The van der Waals surface area contributed by atoms with Crippen molar-refractivity contribution in [3.8, 4) is 5.75 Å². The zero-order valence-corrected chi connectivity index (χ0v) is 16.1. The molecule has 0 aliphatic rings. The summed E-state index contributed by atoms with van der Waals surface area (Å²) in [4.78, 5) is 14.7. The van der Waals surface area contributed by atoms with Crippen LogP contribution >= 0.6 is 0 Å². The zero-order valence-electron chi connectivity index (χ0n) is 16.1. The first-order valence-corrected chi connectivity index (χ1v) is 8.95. The minimum absolute atomic E-state index is 0.0598. The molecule has 7 heteroatoms. The molecule has 1 heterocycles. The van der Waals surface area contributed by atoms with Crippen LogP contribution in [0.5, 0.6) is 5.75 Å². The molecule has 0 unspecified atom stereocenters. The highest BCUT2D eigenvalue weighted by Gasteiger charge is 2.17. The maximum atomic E-state index is 12.6. The molecular weight excluding hydrogens is 342 g/mol. The van der Waals surface area contributed by atoms with Gasteiger partial charge in [-0.05, 0) is 56.9 Å². The molecule has 1 atom stereocenters. The molecule has 0 fully saturated rings. The predicted molar refractivity (Wildman–Crippen MR) is 105 cm³/mol. The molecule has 3 rings (SSSR count). The topological polar surface area (TPSA) is 72.3 Å². The summed E-state index contributed by atoms with van der Waals surface area (Å²) < 4.78 is 7.02. The van der Waals surface area contributed by atoms with Gasteiger partial charge in [-0.3, -0.25) is 4.79 Å². The Bertz CT molecular complexity index is 918. The van der Waals surface area contributed by atoms with Gasteiger partial charge in [0.1, 0.15) is 11.3 Å². The molecule has 1 aromatic heterocycles. The Kier molecular flexibility index (Phi) is 5.71. The van der Waals surface area contributed by atoms with E-state index >= 15 is 0 Å². The van der Waals surface area contributed by atoms with E-state index in [9.17, 15) is 4.79 Å². The number of fused-ring (bicyclic) bond motifs is 1. The largest absolute Gasteiger partial charge is 0.497 e. The van der Waals surface area contributed by atoms with Crippen molar-refractivity contribution >= 4 is 16.9 Å². The Balaban J connectivity index is 1.72. The van der Waals surface area contributed by atoms with Crippen LogP contribution in [0.4, 0.5) is 0 Å². The van der Waals surface area contributed by atoms with Gasteiger partial charge in [-0.15, -0.1) is 5.10 Å². The minimum Gasteiger partial charge on any atom is -0.497 e. The number of rotatable bonds is 7. The maximum absolute atomic E-state index is 12.6. The lowest BCUT2D eigenvalue weighted by Crippen LogP contribution is -2.34. The third kappa shape index (κ3) is 4.09. The Morgan fingerprint density at radius 1 is 1.22 bits per heavy atom. The number of nitrogens with one attached hydrogen (secondary N) is 1. The molecule has 3 aromatic rings. The van der Waals surface area contributed by atoms with Crippen LogP contribution in [0.25, 0.3) is 11.0 Å². The van der Waals surface area contributed by atoms with E-state index < -0.39 is 0 Å². The summed E-state index contributed by atoms with van der Waals surface area (Å²) in [6, 6.07) is 13.4. The molecule has 0 saturated carbocycles. The number of nitrogens with zero attached hydrogens (tertiary/aromatic N) is 4. The molecule has 0 spiro atoms. The summed E-state index contributed by atoms with van der Waals surface area (Å²) in [6.45, 7) is 3.25. The van der Waals surface area contributed by atoms with Gasteiger partial charge in [0.15, 0.2) is 0 Å². The van der Waals surface area contributed by atoms with Gasteiger partial charge in [-0.25, -0.2) is 4.68 Å². The highest BCUT2D eigenvalue weighted by atomic mass is 16.5. The molecule has 0 aliphatic carbocycles. The molecule has 0 bridgehead atoms. The number of methoxy groups -OCH3 is 1. The number of aryl methyl sites for hydroxylation is 1. The van der Waals surface area contributed by atoms with E-state index in [1.54, 1.807) is 13.2 Å². The Hall–Kier alpha value is -2.93. The number of hydrogen-bond acceptors (Lipinski definition) is 5. The molecule has 1 amide bonds. The molecule has 0 radical (unpaired) electrons. The standard InChI is InChI=1S/C20H25N5O2/c1-5-25-18-11-8-15(12-17(18)22-23-25)20(26)21-13-19(24(2)3)14-6-9-16(27-4)10-7-14/h6-12,19H,5,13H2,1-4H3,(H,21,26)/t19-/m1/s1. The fourth-order valence-corrected chi connectivity index (χ4v) is 3.06. The molecule has 7 nitrogen and oxygen atoms in total. The van der Waals surface area contributed by atoms with Gasteiger partial charge < -0.3 is 15.0 Å². The van der Waals surface area contributed by atoms with Gasteiger partial charge in [0, 0.05) is 18.7 Å². The van der Waals surface area contributed by atoms with Gasteiger partial charge in [0.05, 0.1) is 18.7 Å². The second-order valence-corrected chi connectivity index (χ2v) is 6.57. The Morgan fingerprint density at radius 2 is 1.96 bits per heavy atom. The molecular formula is C20H25N5O2. The van der Waals surface area contributed by atoms with Crippen molar-refractivity contribution in [2.24, 2.45) is 0 Å². The summed E-state index contributed by atoms with van der Waals surface area (Å²) in [5.74, 6) is 0.692. The van der Waals surface area contributed by atoms with Crippen LogP contribution in [0.3, 0.4) is 0 Å². The van der Waals surface area contributed by atoms with Gasteiger partial charge in [-0.1, -0.05) is 17.3 Å². The van der Waals surface area contributed by atoms with E-state index in [0.717, 1.165) is 28.9 Å². The highest BCUT2D eigenvalue weighted by molar-refractivity contribution is 5.97. The van der Waals surface area contributed by atoms with Crippen LogP contribution in [-0.4, -0.2) is 53.6 Å². The van der Waals surface area contributed by atoms with E-state index in [0.29, 0.717) is 12.1 Å². The quantitative estimate of drug-likeness (QED) is 0.695. The van der Waals surface area contributed by atoms with Gasteiger partial charge >= 0.3 is 0 Å². The second kappa shape index (κ2) is 8.18. The fourth-order valence-electron chi connectivity index (χ4n) is 3.06. The SMILES string of the molecule is CCn1nnc2cc(C(=O)NC[C@H](c3ccc(OC)cc3)N(C)C)ccc21. The molecule has 0 saturated heterocycles. The van der Waals surface area contributed by atoms with E-state index in [-0.39, 0.29) is 11.9 Å². The number of likely N-dealkylation sites (N-methyl/N-ethyl adjacent to an activating group) is 1. The van der Waals surface area contributed by atoms with Crippen molar-refractivity contribution < 1.29 is 9.53 Å². The molecule has 2 aromatic carbocycles. The van der Waals surface area contributed by atoms with Gasteiger partial charge in [-0.2, -0.15) is 0 Å². The average molecular weight is 367 g/mol. The number of benzene rings is 2. The third-order valence-corrected chi connectivity index (χ3v) is 4.66. The number of carbonyl (C=O) groups excluding carboxylic acids is 1. The van der Waals surface area contributed by atoms with E-state index in [1.165, 1.54) is 0 Å². The summed E-state index contributed by atoms with van der Waals surface area (Å²) in [7, 11) is 5.64. The molecule has 0 aliphatic heterocycles. The number of amides is 1. The van der Waals surface area contributed by atoms with Gasteiger partial charge in [0.25, 0.3) is 5.91 Å². The first-order valence-electron chi connectivity index (χ1n) is 8.95. The number of ether oxygens (including phenoxy) is 1. The van der Waals surface area contributed by atoms with Crippen molar-refractivity contribution in [2.45, 2.75) is 19.5 Å². The monoisotopic (exact) mass is 367 g/mol. The Morgan fingerprint density at radius 3 is 2.59 bits per heavy atom. The number of aromatic nitrogens is 3. The molecule has 142 valence electrons. The van der Waals surface area contributed by atoms with Crippen LogP contribution < -0.4 is 10.1 Å². The third-order valence-electron chi connectivity index (χ3n) is 4.66. The maximum Gasteiger partial charge on any atom is 0.251 e. The normalized spacial score (nSPS) is 12.3. The van der Waals surface area contributed by atoms with E-state index in [2.05, 4.69) is 20.5 Å². The van der Waals surface area contributed by atoms with Crippen LogP contribution in [0.2, 0.25) is 0 Å². The van der Waals surface area contributed by atoms with Crippen LogP contribution in [0.15, 0.2) is 42.5 Å². The van der Waals surface area contributed by atoms with Crippen LogP contribution in [0, 0.1) is 0 Å². The van der Waals surface area contributed by atoms with Crippen molar-refractivity contribution in [3.63, 3.8) is 0 Å². The lowest BCUT2D eigenvalue weighted by Gasteiger charge is -2.25. The number of hydrogen-bond donors (Lipinski definition) is 1. The number of carbonyl (C=O) groups is 1. The molecule has 27 heavy (non-hydrogen) atoms. The van der Waals surface area contributed by atoms with Crippen molar-refractivity contribution in [1.29, 1.82) is 0 Å². The smallest absolute Gasteiger partial charge is 0.251 e. The first-order chi connectivity index (χ1) is 13.0. The second-order valence-electron chi connectivity index (χ2n) is 6.57. The van der Waals surface area contributed by atoms with Crippen LogP contribution in [0.1, 0.15) is 28.9 Å². The zero-order chi connectivity index (χ0) is 19.4. The molecule has 1 N–H and O–H groups in total. The van der Waals surface area contributed by atoms with Gasteiger partial charge in [0.2, 0.25) is 0 Å². The Labute approximate surface area is 158 Å². The fraction of sp³-hybridized carbons (Fsp3) is 0.350. The van der Waals surface area contributed by atoms with Crippen molar-refractivity contribution in [3.05, 3.63) is 53.6 Å². The predicted octanol–water partition coefficient (Wildman–Crippen LogP) is 2.49. The van der Waals surface area contributed by atoms with Crippen molar-refractivity contribution in [1.82, 2.24) is 25.2 Å². The summed E-state index contributed by atoms with van der Waals surface area (Å²) in [5.41, 5.74) is 3.35. The summed E-state index contributed by atoms with van der Waals surface area (Å²) in [6.07, 6.45) is 0. The lowest BCUT2D eigenvalue weighted by molar-refractivity contribution is 0.0942. The van der Waals surface area contributed by atoms with Crippen LogP contribution in [-0.2, 0) is 6.54 Å². The van der Waals surface area contributed by atoms with E-state index in [1.807, 2.05) is 62.1 Å². The average Bonchev–Trinajstić information content (AvgIpc) is 3.10.